The van der Waals surface area contributed by atoms with Crippen LogP contribution in [-0.4, -0.2) is 11.9 Å². The van der Waals surface area contributed by atoms with Crippen molar-refractivity contribution < 1.29 is 4.79 Å². The summed E-state index contributed by atoms with van der Waals surface area (Å²) in [5.74, 6) is 3.28. The van der Waals surface area contributed by atoms with Gasteiger partial charge in [-0.3, -0.25) is 4.79 Å². The van der Waals surface area contributed by atoms with Crippen LogP contribution in [0.2, 0.25) is 0 Å². The lowest BCUT2D eigenvalue weighted by molar-refractivity contribution is -0.122. The maximum atomic E-state index is 11.3. The molecule has 1 atom stereocenters. The largest absolute Gasteiger partial charge is 0.342 e. The van der Waals surface area contributed by atoms with Gasteiger partial charge in [0.05, 0.1) is 6.04 Å². The van der Waals surface area contributed by atoms with E-state index in [1.807, 2.05) is 13.8 Å². The number of carbonyl (C=O) groups excluding carboxylic acids is 1. The third-order valence-electron chi connectivity index (χ3n) is 2.09. The fourth-order valence-electron chi connectivity index (χ4n) is 1.02. The molecule has 1 N–H and O–H groups in total. The van der Waals surface area contributed by atoms with Crippen molar-refractivity contribution in [2.45, 2.75) is 32.7 Å². The van der Waals surface area contributed by atoms with E-state index in [-0.39, 0.29) is 17.9 Å². The summed E-state index contributed by atoms with van der Waals surface area (Å²) in [6.07, 6.45) is 7.34. The zero-order chi connectivity index (χ0) is 9.14. The number of nitrogens with one attached hydrogen (secondary N) is 1. The molecule has 0 aromatic heterocycles. The number of hydrogen-bond donors (Lipinski definition) is 1. The second-order valence-electron chi connectivity index (χ2n) is 3.67. The van der Waals surface area contributed by atoms with Crippen molar-refractivity contribution in [2.75, 3.05) is 0 Å². The Hall–Kier alpha value is -0.970. The molecule has 0 spiro atoms. The molecule has 0 radical (unpaired) electrons. The lowest BCUT2D eigenvalue weighted by Crippen LogP contribution is -2.38. The Kier molecular flexibility index (Phi) is 2.75. The average molecular weight is 165 g/mol. The Morgan fingerprint density at radius 2 is 2.17 bits per heavy atom. The molecule has 1 saturated carbocycles. The van der Waals surface area contributed by atoms with Crippen molar-refractivity contribution in [1.82, 2.24) is 5.32 Å². The van der Waals surface area contributed by atoms with Crippen molar-refractivity contribution in [2.24, 2.45) is 11.8 Å². The van der Waals surface area contributed by atoms with E-state index in [4.69, 9.17) is 6.42 Å². The van der Waals surface area contributed by atoms with E-state index in [0.717, 1.165) is 12.8 Å². The fraction of sp³-hybridized carbons (Fsp3) is 0.700. The van der Waals surface area contributed by atoms with Crippen LogP contribution in [-0.2, 0) is 4.79 Å². The molecule has 1 amide bonds. The Morgan fingerprint density at radius 1 is 1.58 bits per heavy atom. The lowest BCUT2D eigenvalue weighted by atomic mass is 10.1. The molecule has 0 aliphatic heterocycles. The van der Waals surface area contributed by atoms with Gasteiger partial charge in [-0.2, -0.15) is 0 Å². The highest BCUT2D eigenvalue weighted by molar-refractivity contribution is 5.81. The Balaban J connectivity index is 2.37. The molecule has 0 heterocycles. The minimum Gasteiger partial charge on any atom is -0.342 e. The number of terminal acetylenes is 1. The summed E-state index contributed by atoms with van der Waals surface area (Å²) in [6.45, 7) is 4.02. The number of amides is 1. The van der Waals surface area contributed by atoms with E-state index in [1.165, 1.54) is 0 Å². The fourth-order valence-corrected chi connectivity index (χ4v) is 1.02. The van der Waals surface area contributed by atoms with E-state index in [9.17, 15) is 4.79 Å². The van der Waals surface area contributed by atoms with Gasteiger partial charge in [-0.05, 0) is 18.8 Å². The van der Waals surface area contributed by atoms with Gasteiger partial charge in [0.25, 0.3) is 0 Å². The van der Waals surface area contributed by atoms with E-state index in [1.54, 1.807) is 0 Å². The highest BCUT2D eigenvalue weighted by Gasteiger charge is 2.30. The molecule has 1 unspecified atom stereocenters. The molecule has 0 saturated heterocycles. The first-order chi connectivity index (χ1) is 5.65. The SMILES string of the molecule is C#CC(NC(=O)C1CC1)C(C)C. The second kappa shape index (κ2) is 3.62. The van der Waals surface area contributed by atoms with E-state index < -0.39 is 0 Å². The molecule has 66 valence electrons. The van der Waals surface area contributed by atoms with Crippen LogP contribution in [0.1, 0.15) is 26.7 Å². The van der Waals surface area contributed by atoms with E-state index in [2.05, 4.69) is 11.2 Å². The number of carbonyl (C=O) groups is 1. The first kappa shape index (κ1) is 9.12. The molecular weight excluding hydrogens is 150 g/mol. The van der Waals surface area contributed by atoms with Gasteiger partial charge in [0.1, 0.15) is 0 Å². The summed E-state index contributed by atoms with van der Waals surface area (Å²) in [7, 11) is 0. The van der Waals surface area contributed by atoms with Crippen LogP contribution in [0.4, 0.5) is 0 Å². The molecule has 0 bridgehead atoms. The Labute approximate surface area is 73.7 Å². The quantitative estimate of drug-likeness (QED) is 0.625. The van der Waals surface area contributed by atoms with E-state index >= 15 is 0 Å². The zero-order valence-corrected chi connectivity index (χ0v) is 7.63. The maximum Gasteiger partial charge on any atom is 0.224 e. The van der Waals surface area contributed by atoms with Crippen molar-refractivity contribution in [1.29, 1.82) is 0 Å². The van der Waals surface area contributed by atoms with Crippen LogP contribution in [0.5, 0.6) is 0 Å². The highest BCUT2D eigenvalue weighted by atomic mass is 16.2. The molecular formula is C10H15NO. The predicted octanol–water partition coefficient (Wildman–Crippen LogP) is 1.17. The van der Waals surface area contributed by atoms with Crippen LogP contribution in [0.3, 0.4) is 0 Å². The van der Waals surface area contributed by atoms with Gasteiger partial charge in [-0.1, -0.05) is 19.8 Å². The molecule has 1 fully saturated rings. The molecule has 2 nitrogen and oxygen atoms in total. The maximum absolute atomic E-state index is 11.3. The topological polar surface area (TPSA) is 29.1 Å². The van der Waals surface area contributed by atoms with E-state index in [0.29, 0.717) is 5.92 Å². The molecule has 1 aliphatic rings. The van der Waals surface area contributed by atoms with Gasteiger partial charge in [0.2, 0.25) is 5.91 Å². The van der Waals surface area contributed by atoms with Crippen LogP contribution < -0.4 is 5.32 Å². The summed E-state index contributed by atoms with van der Waals surface area (Å²) < 4.78 is 0. The van der Waals surface area contributed by atoms with Crippen molar-refractivity contribution in [3.63, 3.8) is 0 Å². The Bertz CT molecular complexity index is 210. The molecule has 0 aromatic rings. The van der Waals surface area contributed by atoms with Crippen LogP contribution in [0.15, 0.2) is 0 Å². The van der Waals surface area contributed by atoms with Crippen LogP contribution >= 0.6 is 0 Å². The summed E-state index contributed by atoms with van der Waals surface area (Å²) >= 11 is 0. The van der Waals surface area contributed by atoms with Gasteiger partial charge in [0, 0.05) is 5.92 Å². The van der Waals surface area contributed by atoms with Gasteiger partial charge in [0.15, 0.2) is 0 Å². The zero-order valence-electron chi connectivity index (χ0n) is 7.63. The normalized spacial score (nSPS) is 18.5. The Morgan fingerprint density at radius 3 is 2.50 bits per heavy atom. The number of hydrogen-bond acceptors (Lipinski definition) is 1. The minimum absolute atomic E-state index is 0.0990. The minimum atomic E-state index is -0.0990. The summed E-state index contributed by atoms with van der Waals surface area (Å²) in [5.41, 5.74) is 0. The highest BCUT2D eigenvalue weighted by Crippen LogP contribution is 2.29. The molecule has 1 aliphatic carbocycles. The van der Waals surface area contributed by atoms with Gasteiger partial charge in [-0.25, -0.2) is 0 Å². The summed E-state index contributed by atoms with van der Waals surface area (Å²) in [5, 5.41) is 2.85. The lowest BCUT2D eigenvalue weighted by Gasteiger charge is -2.15. The molecule has 12 heavy (non-hydrogen) atoms. The smallest absolute Gasteiger partial charge is 0.224 e. The third kappa shape index (κ3) is 2.27. The first-order valence-corrected chi connectivity index (χ1v) is 4.41. The third-order valence-corrected chi connectivity index (χ3v) is 2.09. The van der Waals surface area contributed by atoms with Gasteiger partial charge in [-0.15, -0.1) is 6.42 Å². The molecule has 2 heteroatoms. The van der Waals surface area contributed by atoms with Crippen molar-refractivity contribution in [3.05, 3.63) is 0 Å². The molecule has 0 aromatic carbocycles. The monoisotopic (exact) mass is 165 g/mol. The van der Waals surface area contributed by atoms with Gasteiger partial charge >= 0.3 is 0 Å². The van der Waals surface area contributed by atoms with Crippen LogP contribution in [0, 0.1) is 24.2 Å². The predicted molar refractivity (Wildman–Crippen MR) is 48.3 cm³/mol. The standard InChI is InChI=1S/C10H15NO/c1-4-9(7(2)3)11-10(12)8-5-6-8/h1,7-9H,5-6H2,2-3H3,(H,11,12). The molecule has 1 rings (SSSR count). The van der Waals surface area contributed by atoms with Crippen molar-refractivity contribution >= 4 is 5.91 Å². The van der Waals surface area contributed by atoms with Gasteiger partial charge < -0.3 is 5.32 Å². The van der Waals surface area contributed by atoms with Crippen LogP contribution in [0.25, 0.3) is 0 Å². The summed E-state index contributed by atoms with van der Waals surface area (Å²) in [6, 6.07) is -0.0990. The average Bonchev–Trinajstić information content (AvgIpc) is 2.80. The first-order valence-electron chi connectivity index (χ1n) is 4.41. The number of rotatable bonds is 3. The second-order valence-corrected chi connectivity index (χ2v) is 3.67. The summed E-state index contributed by atoms with van der Waals surface area (Å²) in [4.78, 5) is 11.3. The van der Waals surface area contributed by atoms with Crippen molar-refractivity contribution in [3.8, 4) is 12.3 Å².